The van der Waals surface area contributed by atoms with Crippen LogP contribution in [0.1, 0.15) is 0 Å². The first kappa shape index (κ1) is 15.8. The smallest absolute Gasteiger partial charge is 0.230 e. The molecule has 0 aliphatic rings. The molecule has 0 aliphatic heterocycles. The second kappa shape index (κ2) is 7.95. The van der Waals surface area contributed by atoms with Gasteiger partial charge in [-0.2, -0.15) is 0 Å². The van der Waals surface area contributed by atoms with Crippen molar-refractivity contribution in [2.45, 2.75) is 4.90 Å². The maximum atomic E-state index is 5.67. The van der Waals surface area contributed by atoms with E-state index in [9.17, 15) is 0 Å². The van der Waals surface area contributed by atoms with Gasteiger partial charge in [-0.15, -0.1) is 0 Å². The summed E-state index contributed by atoms with van der Waals surface area (Å²) in [6, 6.07) is 25.7. The van der Waals surface area contributed by atoms with E-state index in [-0.39, 0.29) is 6.79 Å². The number of halogens is 1. The maximum Gasteiger partial charge on any atom is 0.230 e. The fourth-order valence-electron chi connectivity index (χ4n) is 2.13. The number of rotatable bonds is 6. The summed E-state index contributed by atoms with van der Waals surface area (Å²) in [7, 11) is 6.85. The molecule has 23 heavy (non-hydrogen) atoms. The summed E-state index contributed by atoms with van der Waals surface area (Å²) in [4.78, 5) is 0.983. The highest BCUT2D eigenvalue weighted by atomic mass is 35.7. The van der Waals surface area contributed by atoms with Gasteiger partial charge in [0, 0.05) is 4.90 Å². The molecule has 0 unspecified atom stereocenters. The third-order valence-electron chi connectivity index (χ3n) is 3.33. The lowest BCUT2D eigenvalue weighted by molar-refractivity contribution is 0.120. The van der Waals surface area contributed by atoms with Crippen LogP contribution in [0.4, 0.5) is 0 Å². The minimum absolute atomic E-state index is 0.165. The average Bonchev–Trinajstić information content (AvgIpc) is 2.64. The Morgan fingerprint density at radius 2 is 1.17 bits per heavy atom. The highest BCUT2D eigenvalue weighted by Crippen LogP contribution is 2.25. The van der Waals surface area contributed by atoms with Gasteiger partial charge in [-0.1, -0.05) is 42.5 Å². The Kier molecular flexibility index (Phi) is 5.46. The van der Waals surface area contributed by atoms with Crippen molar-refractivity contribution < 1.29 is 9.47 Å². The molecule has 0 aromatic heterocycles. The standard InChI is InChI=1S/C19H15ClO2S/c20-23-19-12-10-18(11-13-19)22-14-21-17-8-6-16(7-9-17)15-4-2-1-3-5-15/h1-13H,14H2. The fourth-order valence-corrected chi connectivity index (χ4v) is 2.67. The monoisotopic (exact) mass is 342 g/mol. The minimum atomic E-state index is 0.165. The largest absolute Gasteiger partial charge is 0.458 e. The molecular weight excluding hydrogens is 328 g/mol. The van der Waals surface area contributed by atoms with Gasteiger partial charge < -0.3 is 9.47 Å². The molecule has 0 spiro atoms. The summed E-state index contributed by atoms with van der Waals surface area (Å²) in [5.74, 6) is 1.53. The Morgan fingerprint density at radius 3 is 1.74 bits per heavy atom. The summed E-state index contributed by atoms with van der Waals surface area (Å²) < 4.78 is 11.2. The molecule has 3 rings (SSSR count). The van der Waals surface area contributed by atoms with E-state index in [1.807, 2.05) is 66.7 Å². The van der Waals surface area contributed by atoms with Crippen molar-refractivity contribution in [3.05, 3.63) is 78.9 Å². The predicted octanol–water partition coefficient (Wildman–Crippen LogP) is 6.01. The summed E-state index contributed by atoms with van der Waals surface area (Å²) in [5, 5.41) is 0. The first-order chi connectivity index (χ1) is 11.3. The summed E-state index contributed by atoms with van der Waals surface area (Å²) in [6.45, 7) is 0.165. The fraction of sp³-hybridized carbons (Fsp3) is 0.0526. The van der Waals surface area contributed by atoms with Crippen LogP contribution < -0.4 is 9.47 Å². The second-order valence-electron chi connectivity index (χ2n) is 4.85. The third-order valence-corrected chi connectivity index (χ3v) is 4.31. The Bertz CT molecular complexity index is 728. The lowest BCUT2D eigenvalue weighted by atomic mass is 10.1. The van der Waals surface area contributed by atoms with Crippen LogP contribution in [-0.2, 0) is 0 Å². The van der Waals surface area contributed by atoms with Gasteiger partial charge in [0.25, 0.3) is 0 Å². The van der Waals surface area contributed by atoms with Crippen LogP contribution in [0.2, 0.25) is 0 Å². The molecule has 116 valence electrons. The van der Waals surface area contributed by atoms with Gasteiger partial charge in [-0.05, 0) is 69.2 Å². The van der Waals surface area contributed by atoms with Crippen molar-refractivity contribution in [2.75, 3.05) is 6.79 Å². The van der Waals surface area contributed by atoms with Crippen molar-refractivity contribution >= 4 is 21.7 Å². The normalized spacial score (nSPS) is 10.3. The van der Waals surface area contributed by atoms with Crippen LogP contribution in [0.15, 0.2) is 83.8 Å². The van der Waals surface area contributed by atoms with E-state index >= 15 is 0 Å². The van der Waals surface area contributed by atoms with Gasteiger partial charge >= 0.3 is 0 Å². The predicted molar refractivity (Wildman–Crippen MR) is 96.2 cm³/mol. The van der Waals surface area contributed by atoms with E-state index in [1.165, 1.54) is 16.5 Å². The van der Waals surface area contributed by atoms with E-state index in [2.05, 4.69) is 12.1 Å². The minimum Gasteiger partial charge on any atom is -0.458 e. The highest BCUT2D eigenvalue weighted by Gasteiger charge is 1.99. The Hall–Kier alpha value is -2.10. The van der Waals surface area contributed by atoms with E-state index in [0.717, 1.165) is 22.0 Å². The molecule has 0 bridgehead atoms. The number of ether oxygens (including phenoxy) is 2. The number of hydrogen-bond acceptors (Lipinski definition) is 3. The lowest BCUT2D eigenvalue weighted by Crippen LogP contribution is -2.05. The number of benzene rings is 3. The summed E-state index contributed by atoms with van der Waals surface area (Å²) in [5.41, 5.74) is 2.35. The molecule has 0 saturated carbocycles. The van der Waals surface area contributed by atoms with Crippen molar-refractivity contribution in [3.8, 4) is 22.6 Å². The van der Waals surface area contributed by atoms with Gasteiger partial charge in [0.1, 0.15) is 11.5 Å². The van der Waals surface area contributed by atoms with Crippen LogP contribution in [0.25, 0.3) is 11.1 Å². The van der Waals surface area contributed by atoms with Crippen LogP contribution in [0.3, 0.4) is 0 Å². The van der Waals surface area contributed by atoms with Crippen LogP contribution in [0.5, 0.6) is 11.5 Å². The van der Waals surface area contributed by atoms with Crippen LogP contribution in [0, 0.1) is 0 Å². The lowest BCUT2D eigenvalue weighted by Gasteiger charge is -2.09. The quantitative estimate of drug-likeness (QED) is 0.511. The van der Waals surface area contributed by atoms with Gasteiger partial charge in [-0.25, -0.2) is 0 Å². The second-order valence-corrected chi connectivity index (χ2v) is 5.93. The van der Waals surface area contributed by atoms with Crippen molar-refractivity contribution in [2.24, 2.45) is 0 Å². The molecule has 0 amide bonds. The van der Waals surface area contributed by atoms with E-state index < -0.39 is 0 Å². The van der Waals surface area contributed by atoms with Gasteiger partial charge in [-0.3, -0.25) is 0 Å². The molecule has 0 N–H and O–H groups in total. The highest BCUT2D eigenvalue weighted by molar-refractivity contribution is 8.21. The average molecular weight is 343 g/mol. The zero-order chi connectivity index (χ0) is 15.9. The van der Waals surface area contributed by atoms with Crippen LogP contribution in [-0.4, -0.2) is 6.79 Å². The molecule has 0 saturated heterocycles. The molecular formula is C19H15ClO2S. The molecule has 0 atom stereocenters. The van der Waals surface area contributed by atoms with Gasteiger partial charge in [0.2, 0.25) is 6.79 Å². The third kappa shape index (κ3) is 4.44. The van der Waals surface area contributed by atoms with E-state index in [4.69, 9.17) is 20.2 Å². The summed E-state index contributed by atoms with van der Waals surface area (Å²) in [6.07, 6.45) is 0. The van der Waals surface area contributed by atoms with Crippen molar-refractivity contribution in [1.82, 2.24) is 0 Å². The first-order valence-corrected chi connectivity index (χ1v) is 8.79. The first-order valence-electron chi connectivity index (χ1n) is 7.15. The van der Waals surface area contributed by atoms with Crippen molar-refractivity contribution in [3.63, 3.8) is 0 Å². The SMILES string of the molecule is ClSc1ccc(OCOc2ccc(-c3ccccc3)cc2)cc1. The van der Waals surface area contributed by atoms with Gasteiger partial charge in [0.15, 0.2) is 0 Å². The van der Waals surface area contributed by atoms with Gasteiger partial charge in [0.05, 0.1) is 0 Å². The van der Waals surface area contributed by atoms with Crippen LogP contribution >= 0.6 is 21.7 Å². The maximum absolute atomic E-state index is 5.67. The van der Waals surface area contributed by atoms with E-state index in [0.29, 0.717) is 0 Å². The molecule has 3 aromatic rings. The molecule has 0 aliphatic carbocycles. The topological polar surface area (TPSA) is 18.5 Å². The Balaban J connectivity index is 1.54. The van der Waals surface area contributed by atoms with E-state index in [1.54, 1.807) is 0 Å². The Morgan fingerprint density at radius 1 is 0.652 bits per heavy atom. The Labute approximate surface area is 144 Å². The zero-order valence-electron chi connectivity index (χ0n) is 12.3. The molecule has 4 heteroatoms. The molecule has 2 nitrogen and oxygen atoms in total. The number of hydrogen-bond donors (Lipinski definition) is 0. The molecule has 0 heterocycles. The summed E-state index contributed by atoms with van der Waals surface area (Å²) >= 11 is 0. The zero-order valence-corrected chi connectivity index (χ0v) is 13.9. The molecule has 0 radical (unpaired) electrons. The molecule has 3 aromatic carbocycles. The van der Waals surface area contributed by atoms with Crippen molar-refractivity contribution in [1.29, 1.82) is 0 Å². The molecule has 0 fully saturated rings.